The summed E-state index contributed by atoms with van der Waals surface area (Å²) in [6.45, 7) is 7.94. The summed E-state index contributed by atoms with van der Waals surface area (Å²) in [5.74, 6) is 0.537. The minimum absolute atomic E-state index is 0.102. The number of hydrogen-bond donors (Lipinski definition) is 2. The Balaban J connectivity index is 2.03. The zero-order valence-electron chi connectivity index (χ0n) is 14.3. The van der Waals surface area contributed by atoms with E-state index >= 15 is 0 Å². The summed E-state index contributed by atoms with van der Waals surface area (Å²) in [6, 6.07) is 7.29. The van der Waals surface area contributed by atoms with Crippen LogP contribution in [0.2, 0.25) is 0 Å². The largest absolute Gasteiger partial charge is 0.497 e. The van der Waals surface area contributed by atoms with E-state index in [1.807, 2.05) is 36.1 Å². The van der Waals surface area contributed by atoms with Crippen LogP contribution in [-0.2, 0) is 16.1 Å². The second-order valence-electron chi connectivity index (χ2n) is 6.07. The maximum absolute atomic E-state index is 12.2. The quantitative estimate of drug-likeness (QED) is 0.734. The van der Waals surface area contributed by atoms with Crippen molar-refractivity contribution in [2.45, 2.75) is 25.9 Å². The van der Waals surface area contributed by atoms with Gasteiger partial charge < -0.3 is 15.4 Å². The van der Waals surface area contributed by atoms with Crippen LogP contribution in [0.15, 0.2) is 36.4 Å². The SMILES string of the molecule is C=C(C)CNC(=O)CC1C(=O)NCCN1Cc1cccc(OC)c1. The molecule has 6 heteroatoms. The molecule has 1 saturated heterocycles. The molecule has 0 bridgehead atoms. The number of benzene rings is 1. The molecule has 0 aliphatic carbocycles. The number of hydrogen-bond acceptors (Lipinski definition) is 4. The van der Waals surface area contributed by atoms with E-state index in [0.29, 0.717) is 26.2 Å². The van der Waals surface area contributed by atoms with Crippen molar-refractivity contribution in [2.24, 2.45) is 0 Å². The van der Waals surface area contributed by atoms with Crippen LogP contribution in [0.3, 0.4) is 0 Å². The van der Waals surface area contributed by atoms with E-state index in [1.165, 1.54) is 0 Å². The first-order valence-electron chi connectivity index (χ1n) is 8.05. The van der Waals surface area contributed by atoms with Crippen molar-refractivity contribution in [3.63, 3.8) is 0 Å². The molecule has 130 valence electrons. The number of ether oxygens (including phenoxy) is 1. The van der Waals surface area contributed by atoms with Gasteiger partial charge in [0.15, 0.2) is 0 Å². The van der Waals surface area contributed by atoms with Gasteiger partial charge in [-0.3, -0.25) is 14.5 Å². The first kappa shape index (κ1) is 18.0. The van der Waals surface area contributed by atoms with Gasteiger partial charge in [0.2, 0.25) is 11.8 Å². The molecule has 1 aromatic rings. The predicted octanol–water partition coefficient (Wildman–Crippen LogP) is 1.08. The van der Waals surface area contributed by atoms with Gasteiger partial charge in [0.25, 0.3) is 0 Å². The van der Waals surface area contributed by atoms with Crippen molar-refractivity contribution in [3.8, 4) is 5.75 Å². The van der Waals surface area contributed by atoms with Crippen LogP contribution >= 0.6 is 0 Å². The van der Waals surface area contributed by atoms with E-state index in [2.05, 4.69) is 17.2 Å². The van der Waals surface area contributed by atoms with Crippen LogP contribution in [0, 0.1) is 0 Å². The van der Waals surface area contributed by atoms with Crippen molar-refractivity contribution < 1.29 is 14.3 Å². The number of carbonyl (C=O) groups excluding carboxylic acids is 2. The smallest absolute Gasteiger partial charge is 0.237 e. The van der Waals surface area contributed by atoms with Gasteiger partial charge in [0, 0.05) is 26.2 Å². The summed E-state index contributed by atoms with van der Waals surface area (Å²) in [5.41, 5.74) is 1.93. The highest BCUT2D eigenvalue weighted by molar-refractivity contribution is 5.88. The molecule has 1 fully saturated rings. The molecule has 1 aliphatic heterocycles. The second-order valence-corrected chi connectivity index (χ2v) is 6.07. The van der Waals surface area contributed by atoms with E-state index in [1.54, 1.807) is 7.11 Å². The zero-order valence-corrected chi connectivity index (χ0v) is 14.3. The van der Waals surface area contributed by atoms with E-state index in [0.717, 1.165) is 16.9 Å². The monoisotopic (exact) mass is 331 g/mol. The molecule has 1 unspecified atom stereocenters. The minimum atomic E-state index is -0.463. The predicted molar refractivity (Wildman–Crippen MR) is 92.6 cm³/mol. The number of carbonyl (C=O) groups is 2. The van der Waals surface area contributed by atoms with Crippen LogP contribution < -0.4 is 15.4 Å². The summed E-state index contributed by atoms with van der Waals surface area (Å²) in [7, 11) is 1.63. The fourth-order valence-electron chi connectivity index (χ4n) is 2.68. The average molecular weight is 331 g/mol. The lowest BCUT2D eigenvalue weighted by Gasteiger charge is -2.34. The Morgan fingerprint density at radius 2 is 2.29 bits per heavy atom. The summed E-state index contributed by atoms with van der Waals surface area (Å²) in [5, 5.41) is 5.63. The Morgan fingerprint density at radius 3 is 3.00 bits per heavy atom. The number of nitrogens with zero attached hydrogens (tertiary/aromatic N) is 1. The van der Waals surface area contributed by atoms with Crippen LogP contribution in [0.25, 0.3) is 0 Å². The fourth-order valence-corrected chi connectivity index (χ4v) is 2.68. The van der Waals surface area contributed by atoms with Gasteiger partial charge in [-0.15, -0.1) is 0 Å². The van der Waals surface area contributed by atoms with Crippen molar-refractivity contribution in [1.29, 1.82) is 0 Å². The van der Waals surface area contributed by atoms with Gasteiger partial charge in [-0.2, -0.15) is 0 Å². The van der Waals surface area contributed by atoms with Crippen LogP contribution in [-0.4, -0.2) is 49.5 Å². The Hall–Kier alpha value is -2.34. The Bertz CT molecular complexity index is 615. The Morgan fingerprint density at radius 1 is 1.50 bits per heavy atom. The normalized spacial score (nSPS) is 17.9. The van der Waals surface area contributed by atoms with Crippen molar-refractivity contribution in [2.75, 3.05) is 26.7 Å². The fraction of sp³-hybridized carbons (Fsp3) is 0.444. The van der Waals surface area contributed by atoms with Crippen molar-refractivity contribution in [1.82, 2.24) is 15.5 Å². The molecule has 0 spiro atoms. The Labute approximate surface area is 142 Å². The lowest BCUT2D eigenvalue weighted by molar-refractivity contribution is -0.134. The molecule has 2 amide bonds. The highest BCUT2D eigenvalue weighted by Crippen LogP contribution is 2.18. The maximum atomic E-state index is 12.2. The lowest BCUT2D eigenvalue weighted by atomic mass is 10.1. The van der Waals surface area contributed by atoms with Gasteiger partial charge in [-0.25, -0.2) is 0 Å². The maximum Gasteiger partial charge on any atom is 0.237 e. The molecule has 2 N–H and O–H groups in total. The number of methoxy groups -OCH3 is 1. The summed E-state index contributed by atoms with van der Waals surface area (Å²) in [6.07, 6.45) is 0.142. The van der Waals surface area contributed by atoms with Crippen molar-refractivity contribution in [3.05, 3.63) is 42.0 Å². The van der Waals surface area contributed by atoms with Gasteiger partial charge in [0.1, 0.15) is 5.75 Å². The van der Waals surface area contributed by atoms with E-state index in [9.17, 15) is 9.59 Å². The molecule has 1 aromatic carbocycles. The molecular formula is C18H25N3O3. The molecule has 1 heterocycles. The summed E-state index contributed by atoms with van der Waals surface area (Å²) >= 11 is 0. The lowest BCUT2D eigenvalue weighted by Crippen LogP contribution is -2.56. The number of piperazine rings is 1. The molecule has 0 saturated carbocycles. The third kappa shape index (κ3) is 5.09. The first-order valence-corrected chi connectivity index (χ1v) is 8.05. The standard InChI is InChI=1S/C18H25N3O3/c1-13(2)11-20-17(22)10-16-18(23)19-7-8-21(16)12-14-5-4-6-15(9-14)24-3/h4-6,9,16H,1,7-8,10-12H2,2-3H3,(H,19,23)(H,20,22). The molecule has 1 atom stereocenters. The summed E-state index contributed by atoms with van der Waals surface area (Å²) in [4.78, 5) is 26.3. The molecule has 0 radical (unpaired) electrons. The number of amides is 2. The Kier molecular flexibility index (Phi) is 6.37. The van der Waals surface area contributed by atoms with Crippen LogP contribution in [0.1, 0.15) is 18.9 Å². The molecule has 0 aromatic heterocycles. The second kappa shape index (κ2) is 8.49. The average Bonchev–Trinajstić information content (AvgIpc) is 2.56. The van der Waals surface area contributed by atoms with Crippen molar-refractivity contribution >= 4 is 11.8 Å². The minimum Gasteiger partial charge on any atom is -0.497 e. The molecular weight excluding hydrogens is 306 g/mol. The third-order valence-electron chi connectivity index (χ3n) is 3.93. The van der Waals surface area contributed by atoms with Gasteiger partial charge in [-0.1, -0.05) is 24.3 Å². The molecule has 24 heavy (non-hydrogen) atoms. The highest BCUT2D eigenvalue weighted by atomic mass is 16.5. The number of nitrogens with one attached hydrogen (secondary N) is 2. The molecule has 1 aliphatic rings. The van der Waals surface area contributed by atoms with Gasteiger partial charge in [-0.05, 0) is 24.6 Å². The van der Waals surface area contributed by atoms with Gasteiger partial charge >= 0.3 is 0 Å². The van der Waals surface area contributed by atoms with Gasteiger partial charge in [0.05, 0.1) is 19.6 Å². The number of rotatable bonds is 7. The van der Waals surface area contributed by atoms with Crippen LogP contribution in [0.4, 0.5) is 0 Å². The van der Waals surface area contributed by atoms with E-state index in [4.69, 9.17) is 4.74 Å². The topological polar surface area (TPSA) is 70.7 Å². The van der Waals surface area contributed by atoms with Crippen LogP contribution in [0.5, 0.6) is 5.75 Å². The first-order chi connectivity index (χ1) is 11.5. The zero-order chi connectivity index (χ0) is 17.5. The third-order valence-corrected chi connectivity index (χ3v) is 3.93. The van der Waals surface area contributed by atoms with E-state index in [-0.39, 0.29) is 18.2 Å². The van der Waals surface area contributed by atoms with E-state index < -0.39 is 6.04 Å². The highest BCUT2D eigenvalue weighted by Gasteiger charge is 2.31. The summed E-state index contributed by atoms with van der Waals surface area (Å²) < 4.78 is 5.24. The molecule has 2 rings (SSSR count). The molecule has 6 nitrogen and oxygen atoms in total.